The fourth-order valence-electron chi connectivity index (χ4n) is 3.20. The fraction of sp³-hybridized carbons (Fsp3) is 0.368. The van der Waals surface area contributed by atoms with E-state index in [1.54, 1.807) is 0 Å². The van der Waals surface area contributed by atoms with Crippen LogP contribution in [0.5, 0.6) is 0 Å². The van der Waals surface area contributed by atoms with Gasteiger partial charge >= 0.3 is 0 Å². The van der Waals surface area contributed by atoms with E-state index in [2.05, 4.69) is 40.2 Å². The lowest BCUT2D eigenvalue weighted by Crippen LogP contribution is -2.04. The van der Waals surface area contributed by atoms with E-state index in [0.717, 1.165) is 11.5 Å². The third kappa shape index (κ3) is 3.55. The van der Waals surface area contributed by atoms with Gasteiger partial charge in [0.15, 0.2) is 0 Å². The zero-order valence-electron chi connectivity index (χ0n) is 12.1. The van der Waals surface area contributed by atoms with Gasteiger partial charge < -0.3 is 0 Å². The van der Waals surface area contributed by atoms with Gasteiger partial charge in [0.05, 0.1) is 4.83 Å². The minimum Gasteiger partial charge on any atom is -0.207 e. The second-order valence-electron chi connectivity index (χ2n) is 5.92. The quantitative estimate of drug-likeness (QED) is 0.567. The Balaban J connectivity index is 1.75. The van der Waals surface area contributed by atoms with Gasteiger partial charge in [-0.15, -0.1) is 0 Å². The van der Waals surface area contributed by atoms with Gasteiger partial charge in [-0.05, 0) is 47.6 Å². The zero-order valence-corrected chi connectivity index (χ0v) is 13.7. The Labute approximate surface area is 134 Å². The largest absolute Gasteiger partial charge is 0.207 e. The zero-order chi connectivity index (χ0) is 14.7. The van der Waals surface area contributed by atoms with E-state index in [-0.39, 0.29) is 10.6 Å². The molecule has 1 fully saturated rings. The van der Waals surface area contributed by atoms with Gasteiger partial charge in [-0.2, -0.15) is 0 Å². The van der Waals surface area contributed by atoms with E-state index in [4.69, 9.17) is 0 Å². The SMILES string of the molecule is Fc1ccc(C(Br)c2ccc(C3CCCCC3)cc2)cc1. The third-order valence-corrected chi connectivity index (χ3v) is 5.53. The number of alkyl halides is 1. The molecule has 1 saturated carbocycles. The van der Waals surface area contributed by atoms with Crippen LogP contribution in [0.15, 0.2) is 48.5 Å². The summed E-state index contributed by atoms with van der Waals surface area (Å²) in [5, 5.41) is 0. The van der Waals surface area contributed by atoms with Gasteiger partial charge in [0.25, 0.3) is 0 Å². The van der Waals surface area contributed by atoms with Crippen molar-refractivity contribution in [2.24, 2.45) is 0 Å². The Morgan fingerprint density at radius 1 is 0.810 bits per heavy atom. The Hall–Kier alpha value is -1.15. The van der Waals surface area contributed by atoms with Gasteiger partial charge in [0, 0.05) is 0 Å². The molecule has 0 saturated heterocycles. The van der Waals surface area contributed by atoms with Crippen LogP contribution >= 0.6 is 15.9 Å². The molecule has 1 aliphatic rings. The average Bonchev–Trinajstić information content (AvgIpc) is 2.56. The van der Waals surface area contributed by atoms with Crippen LogP contribution < -0.4 is 0 Å². The molecule has 2 aromatic rings. The Bertz CT molecular complexity index is 568. The average molecular weight is 347 g/mol. The summed E-state index contributed by atoms with van der Waals surface area (Å²) in [6.07, 6.45) is 6.78. The summed E-state index contributed by atoms with van der Waals surface area (Å²) in [5.41, 5.74) is 3.78. The summed E-state index contributed by atoms with van der Waals surface area (Å²) in [6, 6.07) is 15.6. The molecule has 110 valence electrons. The van der Waals surface area contributed by atoms with Crippen LogP contribution in [0, 0.1) is 5.82 Å². The highest BCUT2D eigenvalue weighted by Gasteiger charge is 2.16. The number of halogens is 2. The Morgan fingerprint density at radius 2 is 1.33 bits per heavy atom. The predicted molar refractivity (Wildman–Crippen MR) is 89.4 cm³/mol. The standard InChI is InChI=1S/C19H20BrF/c20-19(17-10-12-18(21)13-11-17)16-8-6-15(7-9-16)14-4-2-1-3-5-14/h6-14,19H,1-5H2. The molecule has 21 heavy (non-hydrogen) atoms. The number of hydrogen-bond acceptors (Lipinski definition) is 0. The number of rotatable bonds is 3. The van der Waals surface area contributed by atoms with Gasteiger partial charge in [0.1, 0.15) is 5.82 Å². The molecule has 0 bridgehead atoms. The Morgan fingerprint density at radius 3 is 1.90 bits per heavy atom. The van der Waals surface area contributed by atoms with Crippen LogP contribution in [0.2, 0.25) is 0 Å². The molecule has 0 radical (unpaired) electrons. The van der Waals surface area contributed by atoms with Crippen LogP contribution in [0.25, 0.3) is 0 Å². The predicted octanol–water partition coefficient (Wildman–Crippen LogP) is 6.36. The maximum Gasteiger partial charge on any atom is 0.123 e. The van der Waals surface area contributed by atoms with Crippen molar-refractivity contribution in [1.29, 1.82) is 0 Å². The monoisotopic (exact) mass is 346 g/mol. The number of benzene rings is 2. The molecule has 0 heterocycles. The van der Waals surface area contributed by atoms with Gasteiger partial charge in [-0.25, -0.2) is 4.39 Å². The Kier molecular flexibility index (Phi) is 4.74. The highest BCUT2D eigenvalue weighted by molar-refractivity contribution is 9.09. The van der Waals surface area contributed by atoms with Crippen molar-refractivity contribution in [3.63, 3.8) is 0 Å². The fourth-order valence-corrected chi connectivity index (χ4v) is 3.81. The molecule has 0 aromatic heterocycles. The molecule has 0 spiro atoms. The first-order valence-corrected chi connectivity index (χ1v) is 8.65. The first-order chi connectivity index (χ1) is 10.2. The van der Waals surface area contributed by atoms with E-state index in [1.807, 2.05) is 12.1 Å². The van der Waals surface area contributed by atoms with Crippen LogP contribution in [0.4, 0.5) is 4.39 Å². The molecular formula is C19H20BrF. The van der Waals surface area contributed by atoms with Crippen molar-refractivity contribution in [1.82, 2.24) is 0 Å². The molecule has 2 heteroatoms. The molecule has 0 N–H and O–H groups in total. The van der Waals surface area contributed by atoms with Crippen molar-refractivity contribution < 1.29 is 4.39 Å². The summed E-state index contributed by atoms with van der Waals surface area (Å²) < 4.78 is 13.0. The van der Waals surface area contributed by atoms with Crippen molar-refractivity contribution in [3.05, 3.63) is 71.0 Å². The van der Waals surface area contributed by atoms with E-state index < -0.39 is 0 Å². The molecule has 2 aromatic carbocycles. The first kappa shape index (κ1) is 14.8. The molecule has 1 atom stereocenters. The summed E-state index contributed by atoms with van der Waals surface area (Å²) in [7, 11) is 0. The first-order valence-electron chi connectivity index (χ1n) is 7.73. The van der Waals surface area contributed by atoms with Gasteiger partial charge in [-0.3, -0.25) is 0 Å². The van der Waals surface area contributed by atoms with E-state index in [1.165, 1.54) is 55.4 Å². The molecule has 1 aliphatic carbocycles. The second-order valence-corrected chi connectivity index (χ2v) is 6.83. The van der Waals surface area contributed by atoms with E-state index in [9.17, 15) is 4.39 Å². The van der Waals surface area contributed by atoms with E-state index in [0.29, 0.717) is 0 Å². The van der Waals surface area contributed by atoms with E-state index >= 15 is 0 Å². The molecular weight excluding hydrogens is 327 g/mol. The third-order valence-electron chi connectivity index (χ3n) is 4.47. The van der Waals surface area contributed by atoms with Crippen LogP contribution in [0.3, 0.4) is 0 Å². The highest BCUT2D eigenvalue weighted by atomic mass is 79.9. The number of hydrogen-bond donors (Lipinski definition) is 0. The summed E-state index contributed by atoms with van der Waals surface area (Å²) in [6.45, 7) is 0. The molecule has 0 amide bonds. The maximum atomic E-state index is 13.0. The maximum absolute atomic E-state index is 13.0. The topological polar surface area (TPSA) is 0 Å². The lowest BCUT2D eigenvalue weighted by atomic mass is 9.84. The molecule has 0 aliphatic heterocycles. The van der Waals surface area contributed by atoms with Crippen molar-refractivity contribution >= 4 is 15.9 Å². The van der Waals surface area contributed by atoms with Crippen LogP contribution in [-0.4, -0.2) is 0 Å². The van der Waals surface area contributed by atoms with Crippen molar-refractivity contribution in [2.75, 3.05) is 0 Å². The smallest absolute Gasteiger partial charge is 0.123 e. The normalized spacial score (nSPS) is 17.6. The lowest BCUT2D eigenvalue weighted by Gasteiger charge is -2.22. The summed E-state index contributed by atoms with van der Waals surface area (Å²) in [4.78, 5) is 0.124. The van der Waals surface area contributed by atoms with Crippen LogP contribution in [0.1, 0.15) is 59.5 Å². The van der Waals surface area contributed by atoms with Gasteiger partial charge in [-0.1, -0.05) is 71.6 Å². The van der Waals surface area contributed by atoms with Crippen molar-refractivity contribution in [2.45, 2.75) is 42.8 Å². The molecule has 0 nitrogen and oxygen atoms in total. The van der Waals surface area contributed by atoms with Crippen molar-refractivity contribution in [3.8, 4) is 0 Å². The lowest BCUT2D eigenvalue weighted by molar-refractivity contribution is 0.443. The molecule has 1 unspecified atom stereocenters. The summed E-state index contributed by atoms with van der Waals surface area (Å²) in [5.74, 6) is 0.554. The van der Waals surface area contributed by atoms with Gasteiger partial charge in [0.2, 0.25) is 0 Å². The van der Waals surface area contributed by atoms with Crippen LogP contribution in [-0.2, 0) is 0 Å². The highest BCUT2D eigenvalue weighted by Crippen LogP contribution is 2.35. The minimum atomic E-state index is -0.189. The molecule has 3 rings (SSSR count). The second kappa shape index (κ2) is 6.74. The minimum absolute atomic E-state index is 0.124. The summed E-state index contributed by atoms with van der Waals surface area (Å²) >= 11 is 3.72.